The number of nitrogens with zero attached hydrogens (tertiary/aromatic N) is 1. The van der Waals surface area contributed by atoms with E-state index in [9.17, 15) is 4.79 Å². The third-order valence-corrected chi connectivity index (χ3v) is 4.08. The van der Waals surface area contributed by atoms with Crippen molar-refractivity contribution in [2.45, 2.75) is 33.8 Å². The monoisotopic (exact) mass is 448 g/mol. The zero-order valence-corrected chi connectivity index (χ0v) is 18.1. The Morgan fingerprint density at radius 3 is 2.43 bits per heavy atom. The molecule has 0 aliphatic rings. The molecule has 7 heteroatoms. The molecule has 0 unspecified atom stereocenters. The standard InChI is InChI=1S/C21H25BrN2O4/c1-5-26-17-9-7-16(8-10-17)21(25)24-23-13-15-11-18(22)20(28-14(3)4)19(12-15)27-6-2/h7-14H,5-6H2,1-4H3,(H,24,25)/b23-13+. The second-order valence-electron chi connectivity index (χ2n) is 6.09. The van der Waals surface area contributed by atoms with Crippen molar-refractivity contribution in [1.82, 2.24) is 5.43 Å². The van der Waals surface area contributed by atoms with Gasteiger partial charge in [-0.1, -0.05) is 0 Å². The van der Waals surface area contributed by atoms with Crippen molar-refractivity contribution in [3.63, 3.8) is 0 Å². The highest BCUT2D eigenvalue weighted by Crippen LogP contribution is 2.37. The zero-order valence-electron chi connectivity index (χ0n) is 16.5. The summed E-state index contributed by atoms with van der Waals surface area (Å²) in [5, 5.41) is 4.04. The Balaban J connectivity index is 2.09. The Morgan fingerprint density at radius 1 is 1.14 bits per heavy atom. The van der Waals surface area contributed by atoms with Gasteiger partial charge in [0.05, 0.1) is 30.0 Å². The maximum absolute atomic E-state index is 12.2. The molecule has 0 aromatic heterocycles. The minimum Gasteiger partial charge on any atom is -0.494 e. The van der Waals surface area contributed by atoms with Crippen LogP contribution in [-0.2, 0) is 0 Å². The first-order valence-corrected chi connectivity index (χ1v) is 9.93. The minimum absolute atomic E-state index is 0.0171. The number of carbonyl (C=O) groups excluding carboxylic acids is 1. The number of nitrogens with one attached hydrogen (secondary N) is 1. The van der Waals surface area contributed by atoms with Crippen LogP contribution in [0.5, 0.6) is 17.2 Å². The van der Waals surface area contributed by atoms with Crippen molar-refractivity contribution in [3.05, 3.63) is 52.0 Å². The van der Waals surface area contributed by atoms with Gasteiger partial charge in [-0.15, -0.1) is 0 Å². The molecule has 1 N–H and O–H groups in total. The van der Waals surface area contributed by atoms with Gasteiger partial charge in [0.2, 0.25) is 0 Å². The van der Waals surface area contributed by atoms with Crippen molar-refractivity contribution >= 4 is 28.1 Å². The minimum atomic E-state index is -0.303. The van der Waals surface area contributed by atoms with Crippen LogP contribution in [-0.4, -0.2) is 31.4 Å². The number of hydrogen-bond donors (Lipinski definition) is 1. The molecule has 2 aromatic carbocycles. The van der Waals surface area contributed by atoms with E-state index in [-0.39, 0.29) is 12.0 Å². The Morgan fingerprint density at radius 2 is 1.82 bits per heavy atom. The largest absolute Gasteiger partial charge is 0.494 e. The molecule has 0 heterocycles. The summed E-state index contributed by atoms with van der Waals surface area (Å²) >= 11 is 3.51. The average molecular weight is 449 g/mol. The molecule has 1 amide bonds. The van der Waals surface area contributed by atoms with E-state index in [1.54, 1.807) is 30.5 Å². The number of halogens is 1. The molecule has 2 rings (SSSR count). The maximum Gasteiger partial charge on any atom is 0.271 e. The maximum atomic E-state index is 12.2. The van der Waals surface area contributed by atoms with E-state index in [0.717, 1.165) is 15.8 Å². The number of hydrogen-bond acceptors (Lipinski definition) is 5. The lowest BCUT2D eigenvalue weighted by molar-refractivity contribution is 0.0955. The molecular weight excluding hydrogens is 424 g/mol. The predicted molar refractivity (Wildman–Crippen MR) is 114 cm³/mol. The second-order valence-corrected chi connectivity index (χ2v) is 6.94. The molecule has 0 aliphatic heterocycles. The lowest BCUT2D eigenvalue weighted by Crippen LogP contribution is -2.17. The highest BCUT2D eigenvalue weighted by molar-refractivity contribution is 9.10. The van der Waals surface area contributed by atoms with Crippen molar-refractivity contribution in [1.29, 1.82) is 0 Å². The van der Waals surface area contributed by atoms with Crippen LogP contribution in [0.15, 0.2) is 46.0 Å². The number of ether oxygens (including phenoxy) is 3. The van der Waals surface area contributed by atoms with Crippen molar-refractivity contribution in [3.8, 4) is 17.2 Å². The molecule has 0 radical (unpaired) electrons. The molecule has 0 bridgehead atoms. The molecule has 0 aliphatic carbocycles. The van der Waals surface area contributed by atoms with Crippen LogP contribution in [0.2, 0.25) is 0 Å². The quantitative estimate of drug-likeness (QED) is 0.441. The predicted octanol–water partition coefficient (Wildman–Crippen LogP) is 4.80. The van der Waals surface area contributed by atoms with Gasteiger partial charge in [-0.05, 0) is 85.6 Å². The van der Waals surface area contributed by atoms with Crippen molar-refractivity contribution < 1.29 is 19.0 Å². The zero-order chi connectivity index (χ0) is 20.5. The van der Waals surface area contributed by atoms with Crippen LogP contribution in [0.25, 0.3) is 0 Å². The van der Waals surface area contributed by atoms with Crippen molar-refractivity contribution in [2.75, 3.05) is 13.2 Å². The average Bonchev–Trinajstić information content (AvgIpc) is 2.65. The summed E-state index contributed by atoms with van der Waals surface area (Å²) in [6.07, 6.45) is 1.57. The number of benzene rings is 2. The smallest absolute Gasteiger partial charge is 0.271 e. The summed E-state index contributed by atoms with van der Waals surface area (Å²) in [6, 6.07) is 10.6. The van der Waals surface area contributed by atoms with Gasteiger partial charge in [0.25, 0.3) is 5.91 Å². The first kappa shape index (κ1) is 21.8. The number of amides is 1. The molecule has 0 fully saturated rings. The van der Waals surface area contributed by atoms with E-state index in [1.165, 1.54) is 0 Å². The van der Waals surface area contributed by atoms with Crippen LogP contribution < -0.4 is 19.6 Å². The summed E-state index contributed by atoms with van der Waals surface area (Å²) < 4.78 is 17.6. The molecular formula is C21H25BrN2O4. The number of hydrazone groups is 1. The summed E-state index contributed by atoms with van der Waals surface area (Å²) in [6.45, 7) is 8.81. The Bertz CT molecular complexity index is 820. The highest BCUT2D eigenvalue weighted by Gasteiger charge is 2.13. The van der Waals surface area contributed by atoms with E-state index in [1.807, 2.05) is 39.8 Å². The third kappa shape index (κ3) is 6.27. The Kier molecular flexibility index (Phi) is 8.32. The van der Waals surface area contributed by atoms with Gasteiger partial charge in [0.1, 0.15) is 5.75 Å². The Labute approximate surface area is 174 Å². The van der Waals surface area contributed by atoms with E-state index >= 15 is 0 Å². The van der Waals surface area contributed by atoms with Gasteiger partial charge in [-0.3, -0.25) is 4.79 Å². The lowest BCUT2D eigenvalue weighted by atomic mass is 10.2. The third-order valence-electron chi connectivity index (χ3n) is 3.49. The molecule has 0 saturated carbocycles. The van der Waals surface area contributed by atoms with Crippen LogP contribution in [0.1, 0.15) is 43.6 Å². The van der Waals surface area contributed by atoms with E-state index in [4.69, 9.17) is 14.2 Å². The van der Waals surface area contributed by atoms with E-state index in [0.29, 0.717) is 30.3 Å². The second kappa shape index (κ2) is 10.7. The SMILES string of the molecule is CCOc1ccc(C(=O)N/N=C/c2cc(Br)c(OC(C)C)c(OCC)c2)cc1. The van der Waals surface area contributed by atoms with Gasteiger partial charge in [-0.25, -0.2) is 5.43 Å². The van der Waals surface area contributed by atoms with Crippen LogP contribution in [0.4, 0.5) is 0 Å². The summed E-state index contributed by atoms with van der Waals surface area (Å²) in [5.74, 6) is 1.68. The molecule has 6 nitrogen and oxygen atoms in total. The normalized spacial score (nSPS) is 10.9. The number of carbonyl (C=O) groups is 1. The topological polar surface area (TPSA) is 69.2 Å². The molecule has 0 saturated heterocycles. The fourth-order valence-electron chi connectivity index (χ4n) is 2.37. The first-order chi connectivity index (χ1) is 13.4. The number of rotatable bonds is 9. The molecule has 0 spiro atoms. The van der Waals surface area contributed by atoms with Crippen LogP contribution in [0.3, 0.4) is 0 Å². The molecule has 0 atom stereocenters. The molecule has 150 valence electrons. The van der Waals surface area contributed by atoms with Gasteiger partial charge in [-0.2, -0.15) is 5.10 Å². The van der Waals surface area contributed by atoms with Gasteiger partial charge >= 0.3 is 0 Å². The van der Waals surface area contributed by atoms with E-state index in [2.05, 4.69) is 26.5 Å². The van der Waals surface area contributed by atoms with Crippen LogP contribution in [0, 0.1) is 0 Å². The first-order valence-electron chi connectivity index (χ1n) is 9.13. The fraction of sp³-hybridized carbons (Fsp3) is 0.333. The van der Waals surface area contributed by atoms with Crippen LogP contribution >= 0.6 is 15.9 Å². The summed E-state index contributed by atoms with van der Waals surface area (Å²) in [7, 11) is 0. The van der Waals surface area contributed by atoms with Crippen molar-refractivity contribution in [2.24, 2.45) is 5.10 Å². The fourth-order valence-corrected chi connectivity index (χ4v) is 2.93. The molecule has 2 aromatic rings. The van der Waals surface area contributed by atoms with E-state index < -0.39 is 0 Å². The highest BCUT2D eigenvalue weighted by atomic mass is 79.9. The van der Waals surface area contributed by atoms with Gasteiger partial charge in [0.15, 0.2) is 11.5 Å². The van der Waals surface area contributed by atoms with Gasteiger partial charge in [0, 0.05) is 5.56 Å². The molecule has 28 heavy (non-hydrogen) atoms. The summed E-state index contributed by atoms with van der Waals surface area (Å²) in [5.41, 5.74) is 3.78. The van der Waals surface area contributed by atoms with Gasteiger partial charge < -0.3 is 14.2 Å². The Hall–Kier alpha value is -2.54. The lowest BCUT2D eigenvalue weighted by Gasteiger charge is -2.16. The summed E-state index contributed by atoms with van der Waals surface area (Å²) in [4.78, 5) is 12.2.